The van der Waals surface area contributed by atoms with Crippen molar-refractivity contribution >= 4 is 0 Å². The average molecular weight is 212 g/mol. The van der Waals surface area contributed by atoms with Crippen molar-refractivity contribution in [2.24, 2.45) is 17.8 Å². The van der Waals surface area contributed by atoms with Crippen LogP contribution >= 0.6 is 0 Å². The van der Waals surface area contributed by atoms with E-state index in [2.05, 4.69) is 52.1 Å². The van der Waals surface area contributed by atoms with E-state index in [1.165, 1.54) is 12.8 Å². The number of nitrogens with zero attached hydrogens (tertiary/aromatic N) is 1. The summed E-state index contributed by atoms with van der Waals surface area (Å²) >= 11 is 0. The molecule has 0 aromatic heterocycles. The van der Waals surface area contributed by atoms with E-state index in [0.29, 0.717) is 12.1 Å². The fourth-order valence-corrected chi connectivity index (χ4v) is 3.34. The molecule has 1 aliphatic carbocycles. The molecule has 0 bridgehead atoms. The molecule has 0 amide bonds. The van der Waals surface area contributed by atoms with Crippen molar-refractivity contribution in [1.29, 1.82) is 0 Å². The minimum atomic E-state index is 0.663. The second kappa shape index (κ2) is 5.31. The van der Waals surface area contributed by atoms with Crippen LogP contribution in [0.2, 0.25) is 0 Å². The molecule has 90 valence electrons. The van der Waals surface area contributed by atoms with Crippen molar-refractivity contribution in [1.82, 2.24) is 10.2 Å². The van der Waals surface area contributed by atoms with Crippen molar-refractivity contribution in [3.63, 3.8) is 0 Å². The molecule has 0 aromatic rings. The van der Waals surface area contributed by atoms with Gasteiger partial charge < -0.3 is 10.2 Å². The monoisotopic (exact) mass is 212 g/mol. The van der Waals surface area contributed by atoms with Crippen LogP contribution in [0.1, 0.15) is 33.6 Å². The SMILES string of the molecule is CCC1C(C)C(C)CC(N(C)C)C1NC. The highest BCUT2D eigenvalue weighted by molar-refractivity contribution is 4.95. The van der Waals surface area contributed by atoms with E-state index < -0.39 is 0 Å². The van der Waals surface area contributed by atoms with Crippen LogP contribution in [0.4, 0.5) is 0 Å². The summed E-state index contributed by atoms with van der Waals surface area (Å²) in [7, 11) is 6.54. The van der Waals surface area contributed by atoms with Gasteiger partial charge in [0.1, 0.15) is 0 Å². The number of nitrogens with one attached hydrogen (secondary N) is 1. The van der Waals surface area contributed by atoms with Crippen molar-refractivity contribution in [2.75, 3.05) is 21.1 Å². The number of hydrogen-bond donors (Lipinski definition) is 1. The summed E-state index contributed by atoms with van der Waals surface area (Å²) < 4.78 is 0. The largest absolute Gasteiger partial charge is 0.315 e. The summed E-state index contributed by atoms with van der Waals surface area (Å²) in [6, 6.07) is 1.36. The van der Waals surface area contributed by atoms with E-state index in [9.17, 15) is 0 Å². The van der Waals surface area contributed by atoms with Crippen LogP contribution in [-0.4, -0.2) is 38.1 Å². The molecule has 0 aliphatic heterocycles. The zero-order valence-corrected chi connectivity index (χ0v) is 11.2. The molecule has 1 N–H and O–H groups in total. The van der Waals surface area contributed by atoms with E-state index in [0.717, 1.165) is 17.8 Å². The van der Waals surface area contributed by atoms with Gasteiger partial charge in [0.15, 0.2) is 0 Å². The third kappa shape index (κ3) is 2.54. The summed E-state index contributed by atoms with van der Waals surface area (Å²) in [5.74, 6) is 2.53. The van der Waals surface area contributed by atoms with Crippen LogP contribution in [0.25, 0.3) is 0 Å². The summed E-state index contributed by atoms with van der Waals surface area (Å²) in [4.78, 5) is 2.40. The van der Waals surface area contributed by atoms with Gasteiger partial charge in [0.25, 0.3) is 0 Å². The minimum Gasteiger partial charge on any atom is -0.315 e. The van der Waals surface area contributed by atoms with Crippen LogP contribution in [0.15, 0.2) is 0 Å². The third-order valence-electron chi connectivity index (χ3n) is 4.53. The highest BCUT2D eigenvalue weighted by atomic mass is 15.1. The zero-order valence-electron chi connectivity index (χ0n) is 11.2. The first-order chi connectivity index (χ1) is 7.02. The second-order valence-corrected chi connectivity index (χ2v) is 5.49. The van der Waals surface area contributed by atoms with Gasteiger partial charge in [-0.15, -0.1) is 0 Å². The number of hydrogen-bond acceptors (Lipinski definition) is 2. The van der Waals surface area contributed by atoms with Gasteiger partial charge in [0.05, 0.1) is 0 Å². The highest BCUT2D eigenvalue weighted by Crippen LogP contribution is 2.37. The predicted molar refractivity (Wildman–Crippen MR) is 67.0 cm³/mol. The first-order valence-electron chi connectivity index (χ1n) is 6.36. The van der Waals surface area contributed by atoms with Gasteiger partial charge in [-0.25, -0.2) is 0 Å². The third-order valence-corrected chi connectivity index (χ3v) is 4.53. The van der Waals surface area contributed by atoms with E-state index in [1.54, 1.807) is 0 Å². The van der Waals surface area contributed by atoms with Crippen molar-refractivity contribution in [3.05, 3.63) is 0 Å². The molecule has 2 heteroatoms. The molecule has 1 aliphatic rings. The lowest BCUT2D eigenvalue weighted by atomic mass is 9.67. The predicted octanol–water partition coefficient (Wildman–Crippen LogP) is 2.21. The van der Waals surface area contributed by atoms with Crippen molar-refractivity contribution in [2.45, 2.75) is 45.7 Å². The van der Waals surface area contributed by atoms with Gasteiger partial charge in [0, 0.05) is 12.1 Å². The number of rotatable bonds is 3. The van der Waals surface area contributed by atoms with E-state index in [4.69, 9.17) is 0 Å². The quantitative estimate of drug-likeness (QED) is 0.771. The summed E-state index contributed by atoms with van der Waals surface area (Å²) in [5.41, 5.74) is 0. The lowest BCUT2D eigenvalue weighted by molar-refractivity contribution is 0.0550. The smallest absolute Gasteiger partial charge is 0.0251 e. The maximum atomic E-state index is 3.55. The van der Waals surface area contributed by atoms with Crippen LogP contribution in [0, 0.1) is 17.8 Å². The van der Waals surface area contributed by atoms with Crippen molar-refractivity contribution in [3.8, 4) is 0 Å². The Hall–Kier alpha value is -0.0800. The maximum absolute atomic E-state index is 3.55. The van der Waals surface area contributed by atoms with E-state index in [1.807, 2.05) is 0 Å². The molecular formula is C13H28N2. The second-order valence-electron chi connectivity index (χ2n) is 5.49. The highest BCUT2D eigenvalue weighted by Gasteiger charge is 2.39. The van der Waals surface area contributed by atoms with Gasteiger partial charge in [-0.1, -0.05) is 27.2 Å². The molecule has 0 saturated heterocycles. The Kier molecular flexibility index (Phi) is 4.60. The molecule has 1 saturated carbocycles. The molecule has 15 heavy (non-hydrogen) atoms. The summed E-state index contributed by atoms with van der Waals surface area (Å²) in [6.45, 7) is 7.17. The van der Waals surface area contributed by atoms with E-state index >= 15 is 0 Å². The molecular weight excluding hydrogens is 184 g/mol. The molecule has 0 aromatic carbocycles. The minimum absolute atomic E-state index is 0.663. The normalized spacial score (nSPS) is 42.2. The first kappa shape index (κ1) is 13.0. The first-order valence-corrected chi connectivity index (χ1v) is 6.36. The Balaban J connectivity index is 2.83. The number of likely N-dealkylation sites (N-methyl/N-ethyl adjacent to an activating group) is 2. The molecule has 0 heterocycles. The van der Waals surface area contributed by atoms with Crippen LogP contribution in [-0.2, 0) is 0 Å². The molecule has 2 nitrogen and oxygen atoms in total. The topological polar surface area (TPSA) is 15.3 Å². The maximum Gasteiger partial charge on any atom is 0.0251 e. The molecule has 5 atom stereocenters. The Morgan fingerprint density at radius 3 is 2.27 bits per heavy atom. The zero-order chi connectivity index (χ0) is 11.6. The Morgan fingerprint density at radius 2 is 1.87 bits per heavy atom. The van der Waals surface area contributed by atoms with Crippen LogP contribution < -0.4 is 5.32 Å². The molecule has 1 fully saturated rings. The molecule has 0 spiro atoms. The lowest BCUT2D eigenvalue weighted by Crippen LogP contribution is -2.56. The lowest BCUT2D eigenvalue weighted by Gasteiger charge is -2.47. The van der Waals surface area contributed by atoms with Gasteiger partial charge in [0.2, 0.25) is 0 Å². The van der Waals surface area contributed by atoms with E-state index in [-0.39, 0.29) is 0 Å². The summed E-state index contributed by atoms with van der Waals surface area (Å²) in [5, 5.41) is 3.55. The standard InChI is InChI=1S/C13H28N2/c1-7-11-10(3)9(2)8-12(15(5)6)13(11)14-4/h9-14H,7-8H2,1-6H3. The Bertz CT molecular complexity index is 189. The van der Waals surface area contributed by atoms with Gasteiger partial charge >= 0.3 is 0 Å². The summed E-state index contributed by atoms with van der Waals surface area (Å²) in [6.07, 6.45) is 2.62. The van der Waals surface area contributed by atoms with Crippen LogP contribution in [0.5, 0.6) is 0 Å². The Morgan fingerprint density at radius 1 is 1.27 bits per heavy atom. The van der Waals surface area contributed by atoms with Gasteiger partial charge in [-0.05, 0) is 45.3 Å². The molecule has 5 unspecified atom stereocenters. The average Bonchev–Trinajstić information content (AvgIpc) is 2.20. The Labute approximate surface area is 95.4 Å². The molecule has 0 radical (unpaired) electrons. The van der Waals surface area contributed by atoms with Gasteiger partial charge in [-0.2, -0.15) is 0 Å². The van der Waals surface area contributed by atoms with Crippen molar-refractivity contribution < 1.29 is 0 Å². The molecule has 1 rings (SSSR count). The van der Waals surface area contributed by atoms with Gasteiger partial charge in [-0.3, -0.25) is 0 Å². The fraction of sp³-hybridized carbons (Fsp3) is 1.00. The van der Waals surface area contributed by atoms with Crippen LogP contribution in [0.3, 0.4) is 0 Å². The fourth-order valence-electron chi connectivity index (χ4n) is 3.34.